The van der Waals surface area contributed by atoms with Crippen molar-refractivity contribution in [1.82, 2.24) is 5.32 Å². The van der Waals surface area contributed by atoms with Gasteiger partial charge in [-0.3, -0.25) is 9.59 Å². The fraction of sp³-hybridized carbons (Fsp3) is 0.714. The van der Waals surface area contributed by atoms with E-state index in [2.05, 4.69) is 10.1 Å². The Labute approximate surface area is 75.5 Å². The summed E-state index contributed by atoms with van der Waals surface area (Å²) in [6.45, 7) is 0.671. The molecule has 0 aromatic rings. The quantitative estimate of drug-likeness (QED) is 0.454. The maximum atomic E-state index is 10.5. The Hall–Kier alpha value is -1.14. The van der Waals surface area contributed by atoms with E-state index in [0.29, 0.717) is 13.2 Å². The van der Waals surface area contributed by atoms with Gasteiger partial charge in [-0.25, -0.2) is 0 Å². The fourth-order valence-corrected chi connectivity index (χ4v) is 0.757. The predicted octanol–water partition coefficient (Wildman–Crippen LogP) is -0.850. The SMILES string of the molecule is COCCN[C@@H](CC(=O)O)C(=O)O. The molecular weight excluding hydrogens is 178 g/mol. The van der Waals surface area contributed by atoms with Crippen LogP contribution in [0.5, 0.6) is 0 Å². The van der Waals surface area contributed by atoms with Gasteiger partial charge in [0.05, 0.1) is 13.0 Å². The lowest BCUT2D eigenvalue weighted by atomic mass is 10.2. The van der Waals surface area contributed by atoms with Crippen LogP contribution < -0.4 is 5.32 Å². The van der Waals surface area contributed by atoms with Gasteiger partial charge < -0.3 is 20.3 Å². The van der Waals surface area contributed by atoms with Gasteiger partial charge in [-0.15, -0.1) is 0 Å². The van der Waals surface area contributed by atoms with E-state index >= 15 is 0 Å². The van der Waals surface area contributed by atoms with Crippen molar-refractivity contribution in [3.05, 3.63) is 0 Å². The van der Waals surface area contributed by atoms with Crippen molar-refractivity contribution in [3.8, 4) is 0 Å². The summed E-state index contributed by atoms with van der Waals surface area (Å²) >= 11 is 0. The number of hydrogen-bond acceptors (Lipinski definition) is 4. The Bertz CT molecular complexity index is 182. The highest BCUT2D eigenvalue weighted by atomic mass is 16.5. The zero-order chi connectivity index (χ0) is 10.3. The molecule has 0 aliphatic carbocycles. The molecule has 0 rings (SSSR count). The molecule has 13 heavy (non-hydrogen) atoms. The average molecular weight is 191 g/mol. The van der Waals surface area contributed by atoms with E-state index in [0.717, 1.165) is 0 Å². The van der Waals surface area contributed by atoms with Gasteiger partial charge in [0, 0.05) is 13.7 Å². The molecule has 6 heteroatoms. The maximum Gasteiger partial charge on any atom is 0.321 e. The van der Waals surface area contributed by atoms with Crippen molar-refractivity contribution in [2.45, 2.75) is 12.5 Å². The van der Waals surface area contributed by atoms with E-state index in [4.69, 9.17) is 10.2 Å². The number of nitrogens with one attached hydrogen (secondary N) is 1. The smallest absolute Gasteiger partial charge is 0.321 e. The van der Waals surface area contributed by atoms with Crippen LogP contribution in [-0.4, -0.2) is 48.5 Å². The first-order valence-corrected chi connectivity index (χ1v) is 3.75. The van der Waals surface area contributed by atoms with Crippen LogP contribution in [0.15, 0.2) is 0 Å². The topological polar surface area (TPSA) is 95.9 Å². The molecule has 0 bridgehead atoms. The third-order valence-corrected chi connectivity index (χ3v) is 1.37. The van der Waals surface area contributed by atoms with Crippen LogP contribution >= 0.6 is 0 Å². The Morgan fingerprint density at radius 2 is 2.08 bits per heavy atom. The zero-order valence-corrected chi connectivity index (χ0v) is 7.32. The van der Waals surface area contributed by atoms with Gasteiger partial charge in [-0.2, -0.15) is 0 Å². The number of hydrogen-bond donors (Lipinski definition) is 3. The van der Waals surface area contributed by atoms with Crippen LogP contribution in [0, 0.1) is 0 Å². The van der Waals surface area contributed by atoms with Crippen LogP contribution in [-0.2, 0) is 14.3 Å². The molecule has 0 aromatic carbocycles. The molecular formula is C7H13NO5. The van der Waals surface area contributed by atoms with Crippen molar-refractivity contribution in [1.29, 1.82) is 0 Å². The van der Waals surface area contributed by atoms with Crippen LogP contribution in [0.4, 0.5) is 0 Å². The summed E-state index contributed by atoms with van der Waals surface area (Å²) in [6, 6.07) is -1.05. The second kappa shape index (κ2) is 6.38. The third kappa shape index (κ3) is 6.06. The molecule has 0 fully saturated rings. The van der Waals surface area contributed by atoms with Gasteiger partial charge in [-0.1, -0.05) is 0 Å². The molecule has 1 atom stereocenters. The molecule has 0 spiro atoms. The Morgan fingerprint density at radius 3 is 2.46 bits per heavy atom. The monoisotopic (exact) mass is 191 g/mol. The van der Waals surface area contributed by atoms with Crippen LogP contribution in [0.25, 0.3) is 0 Å². The van der Waals surface area contributed by atoms with E-state index < -0.39 is 24.4 Å². The number of carboxylic acids is 2. The largest absolute Gasteiger partial charge is 0.481 e. The molecule has 0 amide bonds. The summed E-state index contributed by atoms with van der Waals surface area (Å²) in [5, 5.41) is 19.5. The lowest BCUT2D eigenvalue weighted by Crippen LogP contribution is -2.40. The Morgan fingerprint density at radius 1 is 1.46 bits per heavy atom. The average Bonchev–Trinajstić information content (AvgIpc) is 2.02. The number of rotatable bonds is 7. The number of ether oxygens (including phenoxy) is 1. The lowest BCUT2D eigenvalue weighted by Gasteiger charge is -2.11. The molecule has 0 aliphatic rings. The molecule has 0 aliphatic heterocycles. The van der Waals surface area contributed by atoms with Crippen molar-refractivity contribution in [3.63, 3.8) is 0 Å². The van der Waals surface area contributed by atoms with Crippen molar-refractivity contribution < 1.29 is 24.5 Å². The Balaban J connectivity index is 3.81. The molecule has 0 radical (unpaired) electrons. The predicted molar refractivity (Wildman–Crippen MR) is 43.6 cm³/mol. The number of carboxylic acid groups (broad SMARTS) is 2. The minimum absolute atomic E-state index is 0.320. The number of aliphatic carboxylic acids is 2. The van der Waals surface area contributed by atoms with E-state index in [1.54, 1.807) is 0 Å². The van der Waals surface area contributed by atoms with Gasteiger partial charge >= 0.3 is 11.9 Å². The van der Waals surface area contributed by atoms with Gasteiger partial charge in [0.15, 0.2) is 0 Å². The number of carbonyl (C=O) groups is 2. The standard InChI is InChI=1S/C7H13NO5/c1-13-3-2-8-5(7(11)12)4-6(9)10/h5,8H,2-4H2,1H3,(H,9,10)(H,11,12)/t5-/m0/s1. The van der Waals surface area contributed by atoms with E-state index in [-0.39, 0.29) is 0 Å². The van der Waals surface area contributed by atoms with Gasteiger partial charge in [-0.05, 0) is 0 Å². The van der Waals surface area contributed by atoms with E-state index in [1.807, 2.05) is 0 Å². The normalized spacial score (nSPS) is 12.4. The second-order valence-corrected chi connectivity index (χ2v) is 2.44. The van der Waals surface area contributed by atoms with Crippen LogP contribution in [0.2, 0.25) is 0 Å². The summed E-state index contributed by atoms with van der Waals surface area (Å²) in [7, 11) is 1.48. The fourth-order valence-electron chi connectivity index (χ4n) is 0.757. The molecule has 0 saturated heterocycles. The molecule has 3 N–H and O–H groups in total. The first-order valence-electron chi connectivity index (χ1n) is 3.75. The first kappa shape index (κ1) is 11.9. The van der Waals surface area contributed by atoms with E-state index in [9.17, 15) is 9.59 Å². The molecule has 0 heterocycles. The van der Waals surface area contributed by atoms with E-state index in [1.165, 1.54) is 7.11 Å². The Kier molecular flexibility index (Phi) is 5.82. The summed E-state index contributed by atoms with van der Waals surface area (Å²) in [6.07, 6.45) is -0.432. The highest BCUT2D eigenvalue weighted by Gasteiger charge is 2.19. The molecule has 6 nitrogen and oxygen atoms in total. The third-order valence-electron chi connectivity index (χ3n) is 1.37. The summed E-state index contributed by atoms with van der Waals surface area (Å²) in [5.41, 5.74) is 0. The molecule has 0 saturated carbocycles. The molecule has 0 aromatic heterocycles. The summed E-state index contributed by atoms with van der Waals surface area (Å²) < 4.78 is 4.67. The highest BCUT2D eigenvalue weighted by molar-refractivity contribution is 5.80. The van der Waals surface area contributed by atoms with Crippen molar-refractivity contribution in [2.75, 3.05) is 20.3 Å². The minimum atomic E-state index is -1.17. The van der Waals surface area contributed by atoms with Gasteiger partial charge in [0.2, 0.25) is 0 Å². The summed E-state index contributed by atoms with van der Waals surface area (Å²) in [4.78, 5) is 20.7. The summed E-state index contributed by atoms with van der Waals surface area (Å²) in [5.74, 6) is -2.31. The second-order valence-electron chi connectivity index (χ2n) is 2.44. The molecule has 76 valence electrons. The maximum absolute atomic E-state index is 10.5. The zero-order valence-electron chi connectivity index (χ0n) is 7.32. The van der Waals surface area contributed by atoms with Crippen LogP contribution in [0.1, 0.15) is 6.42 Å². The minimum Gasteiger partial charge on any atom is -0.481 e. The highest BCUT2D eigenvalue weighted by Crippen LogP contribution is 1.91. The van der Waals surface area contributed by atoms with Crippen molar-refractivity contribution in [2.24, 2.45) is 0 Å². The lowest BCUT2D eigenvalue weighted by molar-refractivity contribution is -0.146. The van der Waals surface area contributed by atoms with Gasteiger partial charge in [0.25, 0.3) is 0 Å². The van der Waals surface area contributed by atoms with Crippen molar-refractivity contribution >= 4 is 11.9 Å². The first-order chi connectivity index (χ1) is 6.07. The van der Waals surface area contributed by atoms with Crippen LogP contribution in [0.3, 0.4) is 0 Å². The van der Waals surface area contributed by atoms with Gasteiger partial charge in [0.1, 0.15) is 6.04 Å². The molecule has 0 unspecified atom stereocenters. The number of methoxy groups -OCH3 is 1.